The van der Waals surface area contributed by atoms with Crippen molar-refractivity contribution in [2.45, 2.75) is 25.8 Å². The summed E-state index contributed by atoms with van der Waals surface area (Å²) >= 11 is 0. The molecule has 1 aromatic carbocycles. The van der Waals surface area contributed by atoms with Crippen LogP contribution in [-0.4, -0.2) is 54.2 Å². The summed E-state index contributed by atoms with van der Waals surface area (Å²) in [6.07, 6.45) is 0.479. The van der Waals surface area contributed by atoms with E-state index in [9.17, 15) is 4.79 Å². The summed E-state index contributed by atoms with van der Waals surface area (Å²) in [5.74, 6) is -0.930. The SMILES string of the molecule is Cc1cccc(N2CCN(CCC(C)(N)C(=O)O)CC2)c1. The number of aryl methyl sites for hydroxylation is 1. The highest BCUT2D eigenvalue weighted by atomic mass is 16.4. The van der Waals surface area contributed by atoms with Crippen LogP contribution in [0, 0.1) is 6.92 Å². The summed E-state index contributed by atoms with van der Waals surface area (Å²) in [5.41, 5.74) is 7.18. The van der Waals surface area contributed by atoms with E-state index in [-0.39, 0.29) is 0 Å². The highest BCUT2D eigenvalue weighted by Gasteiger charge is 2.28. The third-order valence-electron chi connectivity index (χ3n) is 4.18. The number of hydrogen-bond donors (Lipinski definition) is 2. The lowest BCUT2D eigenvalue weighted by Gasteiger charge is -2.37. The van der Waals surface area contributed by atoms with Gasteiger partial charge in [0.15, 0.2) is 0 Å². The van der Waals surface area contributed by atoms with Gasteiger partial charge in [0.05, 0.1) is 0 Å². The largest absolute Gasteiger partial charge is 0.480 e. The summed E-state index contributed by atoms with van der Waals surface area (Å²) in [5, 5.41) is 9.04. The average Bonchev–Trinajstić information content (AvgIpc) is 2.45. The molecule has 0 radical (unpaired) electrons. The van der Waals surface area contributed by atoms with Gasteiger partial charge in [0, 0.05) is 38.4 Å². The standard InChI is InChI=1S/C16H25N3O2/c1-13-4-3-5-14(12-13)19-10-8-18(9-11-19)7-6-16(2,17)15(20)21/h3-5,12H,6-11,17H2,1-2H3,(H,20,21). The molecule has 1 aliphatic rings. The molecule has 0 bridgehead atoms. The van der Waals surface area contributed by atoms with Crippen molar-refractivity contribution in [1.82, 2.24) is 4.90 Å². The second-order valence-corrected chi connectivity index (χ2v) is 6.14. The Hall–Kier alpha value is -1.59. The highest BCUT2D eigenvalue weighted by molar-refractivity contribution is 5.77. The van der Waals surface area contributed by atoms with Gasteiger partial charge in [-0.15, -0.1) is 0 Å². The molecule has 1 fully saturated rings. The number of anilines is 1. The second-order valence-electron chi connectivity index (χ2n) is 6.14. The molecule has 21 heavy (non-hydrogen) atoms. The minimum atomic E-state index is -1.13. The molecule has 0 amide bonds. The number of hydrogen-bond acceptors (Lipinski definition) is 4. The number of aliphatic carboxylic acids is 1. The second kappa shape index (κ2) is 6.45. The Kier molecular flexibility index (Phi) is 4.85. The van der Waals surface area contributed by atoms with Crippen molar-refractivity contribution in [3.05, 3.63) is 29.8 Å². The normalized spacial score (nSPS) is 19.3. The van der Waals surface area contributed by atoms with Crippen LogP contribution in [0.1, 0.15) is 18.9 Å². The Bertz CT molecular complexity index is 494. The molecule has 0 aromatic heterocycles. The number of carbonyl (C=O) groups is 1. The van der Waals surface area contributed by atoms with Crippen LogP contribution in [0.4, 0.5) is 5.69 Å². The summed E-state index contributed by atoms with van der Waals surface area (Å²) in [4.78, 5) is 15.7. The molecule has 1 aromatic rings. The van der Waals surface area contributed by atoms with Gasteiger partial charge in [0.25, 0.3) is 0 Å². The molecule has 0 aliphatic carbocycles. The van der Waals surface area contributed by atoms with Crippen molar-refractivity contribution in [1.29, 1.82) is 0 Å². The molecule has 1 unspecified atom stereocenters. The maximum atomic E-state index is 11.0. The minimum Gasteiger partial charge on any atom is -0.480 e. The van der Waals surface area contributed by atoms with Crippen molar-refractivity contribution >= 4 is 11.7 Å². The van der Waals surface area contributed by atoms with E-state index in [1.807, 2.05) is 0 Å². The van der Waals surface area contributed by atoms with Crippen LogP contribution in [-0.2, 0) is 4.79 Å². The lowest BCUT2D eigenvalue weighted by atomic mass is 9.99. The lowest BCUT2D eigenvalue weighted by molar-refractivity contribution is -0.143. The zero-order valence-corrected chi connectivity index (χ0v) is 12.9. The van der Waals surface area contributed by atoms with E-state index in [0.717, 1.165) is 32.7 Å². The summed E-state index contributed by atoms with van der Waals surface area (Å²) < 4.78 is 0. The Morgan fingerprint density at radius 1 is 1.33 bits per heavy atom. The molecule has 116 valence electrons. The smallest absolute Gasteiger partial charge is 0.323 e. The van der Waals surface area contributed by atoms with Gasteiger partial charge in [0.1, 0.15) is 5.54 Å². The number of carboxylic acid groups (broad SMARTS) is 1. The molecule has 1 heterocycles. The van der Waals surface area contributed by atoms with Crippen LogP contribution in [0.25, 0.3) is 0 Å². The van der Waals surface area contributed by atoms with Crippen LogP contribution < -0.4 is 10.6 Å². The van der Waals surface area contributed by atoms with E-state index in [0.29, 0.717) is 6.42 Å². The third kappa shape index (κ3) is 4.19. The van der Waals surface area contributed by atoms with Crippen LogP contribution in [0.3, 0.4) is 0 Å². The van der Waals surface area contributed by atoms with Gasteiger partial charge < -0.3 is 15.7 Å². The summed E-state index contributed by atoms with van der Waals surface area (Å²) in [6.45, 7) is 8.26. The number of benzene rings is 1. The molecule has 3 N–H and O–H groups in total. The van der Waals surface area contributed by atoms with Gasteiger partial charge in [-0.25, -0.2) is 0 Å². The number of piperazine rings is 1. The summed E-state index contributed by atoms with van der Waals surface area (Å²) in [7, 11) is 0. The molecule has 5 heteroatoms. The van der Waals surface area contributed by atoms with Gasteiger partial charge in [-0.05, 0) is 38.0 Å². The average molecular weight is 291 g/mol. The Labute approximate surface area is 126 Å². The van der Waals surface area contributed by atoms with Crippen molar-refractivity contribution < 1.29 is 9.90 Å². The maximum absolute atomic E-state index is 11.0. The fraction of sp³-hybridized carbons (Fsp3) is 0.562. The van der Waals surface area contributed by atoms with Gasteiger partial charge in [-0.1, -0.05) is 12.1 Å². The van der Waals surface area contributed by atoms with Crippen LogP contribution in [0.15, 0.2) is 24.3 Å². The van der Waals surface area contributed by atoms with Crippen molar-refractivity contribution in [3.8, 4) is 0 Å². The summed E-state index contributed by atoms with van der Waals surface area (Å²) in [6, 6.07) is 8.54. The van der Waals surface area contributed by atoms with E-state index >= 15 is 0 Å². The Morgan fingerprint density at radius 3 is 2.57 bits per heavy atom. The van der Waals surface area contributed by atoms with Gasteiger partial charge in [-0.2, -0.15) is 0 Å². The van der Waals surface area contributed by atoms with E-state index in [2.05, 4.69) is 41.0 Å². The van der Waals surface area contributed by atoms with E-state index in [4.69, 9.17) is 10.8 Å². The van der Waals surface area contributed by atoms with Gasteiger partial charge >= 0.3 is 5.97 Å². The molecular weight excluding hydrogens is 266 g/mol. The zero-order valence-electron chi connectivity index (χ0n) is 12.9. The molecule has 1 atom stereocenters. The van der Waals surface area contributed by atoms with Crippen molar-refractivity contribution in [3.63, 3.8) is 0 Å². The highest BCUT2D eigenvalue weighted by Crippen LogP contribution is 2.18. The Morgan fingerprint density at radius 2 is 2.00 bits per heavy atom. The maximum Gasteiger partial charge on any atom is 0.323 e. The van der Waals surface area contributed by atoms with Gasteiger partial charge in [0.2, 0.25) is 0 Å². The van der Waals surface area contributed by atoms with Crippen molar-refractivity contribution in [2.24, 2.45) is 5.73 Å². The monoisotopic (exact) mass is 291 g/mol. The number of nitrogens with two attached hydrogens (primary N) is 1. The molecule has 2 rings (SSSR count). The molecule has 1 aliphatic heterocycles. The number of rotatable bonds is 5. The van der Waals surface area contributed by atoms with E-state index in [1.165, 1.54) is 11.3 Å². The molecule has 5 nitrogen and oxygen atoms in total. The topological polar surface area (TPSA) is 69.8 Å². The first-order valence-electron chi connectivity index (χ1n) is 7.45. The van der Waals surface area contributed by atoms with Crippen LogP contribution in [0.5, 0.6) is 0 Å². The fourth-order valence-corrected chi connectivity index (χ4v) is 2.55. The first-order valence-corrected chi connectivity index (χ1v) is 7.45. The molecule has 0 spiro atoms. The van der Waals surface area contributed by atoms with Crippen LogP contribution in [0.2, 0.25) is 0 Å². The van der Waals surface area contributed by atoms with Crippen LogP contribution >= 0.6 is 0 Å². The van der Waals surface area contributed by atoms with E-state index in [1.54, 1.807) is 6.92 Å². The predicted molar refractivity (Wildman–Crippen MR) is 84.7 cm³/mol. The number of nitrogens with zero attached hydrogens (tertiary/aromatic N) is 2. The van der Waals surface area contributed by atoms with Crippen molar-refractivity contribution in [2.75, 3.05) is 37.6 Å². The lowest BCUT2D eigenvalue weighted by Crippen LogP contribution is -2.51. The first-order chi connectivity index (χ1) is 9.88. The Balaban J connectivity index is 1.82. The quantitative estimate of drug-likeness (QED) is 0.856. The van der Waals surface area contributed by atoms with Gasteiger partial charge in [-0.3, -0.25) is 9.69 Å². The minimum absolute atomic E-state index is 0.479. The molecule has 1 saturated heterocycles. The zero-order chi connectivity index (χ0) is 15.5. The molecule has 0 saturated carbocycles. The fourth-order valence-electron chi connectivity index (χ4n) is 2.55. The number of carboxylic acids is 1. The third-order valence-corrected chi connectivity index (χ3v) is 4.18. The molecular formula is C16H25N3O2. The predicted octanol–water partition coefficient (Wildman–Crippen LogP) is 1.31. The van der Waals surface area contributed by atoms with E-state index < -0.39 is 11.5 Å². The first kappa shape index (κ1) is 15.8.